The van der Waals surface area contributed by atoms with Gasteiger partial charge in [-0.25, -0.2) is 4.57 Å². The van der Waals surface area contributed by atoms with Crippen molar-refractivity contribution in [3.8, 4) is 11.3 Å². The molecule has 1 nitrogen and oxygen atoms in total. The zero-order chi connectivity index (χ0) is 20.6. The average molecular weight is 403 g/mol. The summed E-state index contributed by atoms with van der Waals surface area (Å²) in [6, 6.07) is 16.6. The minimum atomic E-state index is -1.44. The van der Waals surface area contributed by atoms with E-state index < -0.39 is 8.07 Å². The molecule has 29 heavy (non-hydrogen) atoms. The highest BCUT2D eigenvalue weighted by Crippen LogP contribution is 2.37. The molecule has 0 atom stereocenters. The molecular weight excluding hydrogens is 366 g/mol. The summed E-state index contributed by atoms with van der Waals surface area (Å²) in [6.45, 7) is 9.68. The molecule has 0 saturated heterocycles. The van der Waals surface area contributed by atoms with Crippen LogP contribution in [0, 0.1) is 6.92 Å². The van der Waals surface area contributed by atoms with Gasteiger partial charge in [0.15, 0.2) is 6.20 Å². The van der Waals surface area contributed by atoms with Gasteiger partial charge < -0.3 is 0 Å². The minimum Gasteiger partial charge on any atom is -0.200 e. The molecule has 0 radical (unpaired) electrons. The summed E-state index contributed by atoms with van der Waals surface area (Å²) in [4.78, 5) is 0. The van der Waals surface area contributed by atoms with Gasteiger partial charge in [-0.3, -0.25) is 0 Å². The fourth-order valence-electron chi connectivity index (χ4n) is 5.31. The van der Waals surface area contributed by atoms with Crippen molar-refractivity contribution in [3.05, 3.63) is 59.8 Å². The van der Waals surface area contributed by atoms with Crippen molar-refractivity contribution in [2.45, 2.75) is 71.0 Å². The molecule has 1 aromatic heterocycles. The number of hydrogen-bond acceptors (Lipinski definition) is 0. The lowest BCUT2D eigenvalue weighted by molar-refractivity contribution is -0.659. The fourth-order valence-corrected chi connectivity index (χ4v) is 8.68. The molecule has 1 saturated carbocycles. The molecule has 1 heterocycles. The van der Waals surface area contributed by atoms with Gasteiger partial charge in [-0.2, -0.15) is 0 Å². The molecule has 0 aliphatic heterocycles. The van der Waals surface area contributed by atoms with Gasteiger partial charge in [-0.05, 0) is 47.5 Å². The van der Waals surface area contributed by atoms with Crippen molar-refractivity contribution < 1.29 is 4.57 Å². The predicted molar refractivity (Wildman–Crippen MR) is 129 cm³/mol. The molecule has 0 spiro atoms. The zero-order valence-corrected chi connectivity index (χ0v) is 19.9. The van der Waals surface area contributed by atoms with Crippen LogP contribution >= 0.6 is 0 Å². The molecule has 4 rings (SSSR count). The molecule has 0 unspecified atom stereocenters. The molecule has 0 amide bonds. The van der Waals surface area contributed by atoms with Gasteiger partial charge in [0.05, 0.1) is 13.5 Å². The lowest BCUT2D eigenvalue weighted by Crippen LogP contribution is -2.46. The Bertz CT molecular complexity index is 1030. The maximum atomic E-state index is 2.60. The molecule has 1 fully saturated rings. The highest BCUT2D eigenvalue weighted by atomic mass is 28.3. The molecule has 152 valence electrons. The van der Waals surface area contributed by atoms with Crippen molar-refractivity contribution in [2.75, 3.05) is 0 Å². The first-order chi connectivity index (χ1) is 13.9. The van der Waals surface area contributed by atoms with E-state index in [4.69, 9.17) is 0 Å². The standard InChI is InChI=1S/C27H36NSi/c1-6-21-13-12-20(2)26(18-21)27-25-15-14-24(19-22(25)16-17-28(27)3)29(4,5)23-10-8-7-9-11-23/h12-19,23H,6-11H2,1-5H3/q+1. The molecule has 1 aliphatic carbocycles. The van der Waals surface area contributed by atoms with Crippen LogP contribution in [0.5, 0.6) is 0 Å². The highest BCUT2D eigenvalue weighted by Gasteiger charge is 2.34. The summed E-state index contributed by atoms with van der Waals surface area (Å²) < 4.78 is 2.30. The maximum absolute atomic E-state index is 2.60. The van der Waals surface area contributed by atoms with Crippen molar-refractivity contribution in [1.82, 2.24) is 0 Å². The number of hydrogen-bond donors (Lipinski definition) is 0. The van der Waals surface area contributed by atoms with E-state index in [2.05, 4.69) is 87.2 Å². The normalized spacial score (nSPS) is 15.8. The third-order valence-corrected chi connectivity index (χ3v) is 11.9. The van der Waals surface area contributed by atoms with Gasteiger partial charge in [0, 0.05) is 11.6 Å². The number of fused-ring (bicyclic) bond motifs is 1. The van der Waals surface area contributed by atoms with Crippen LogP contribution < -0.4 is 9.75 Å². The van der Waals surface area contributed by atoms with Crippen molar-refractivity contribution >= 4 is 24.0 Å². The monoisotopic (exact) mass is 402 g/mol. The topological polar surface area (TPSA) is 3.88 Å². The number of aryl methyl sites for hydroxylation is 3. The molecular formula is C27H36NSi+. The minimum absolute atomic E-state index is 0.941. The lowest BCUT2D eigenvalue weighted by Gasteiger charge is -2.36. The van der Waals surface area contributed by atoms with Crippen LogP contribution in [0.3, 0.4) is 0 Å². The van der Waals surface area contributed by atoms with Crippen LogP contribution in [0.25, 0.3) is 22.0 Å². The van der Waals surface area contributed by atoms with Gasteiger partial charge in [0.25, 0.3) is 0 Å². The molecule has 2 heteroatoms. The Hall–Kier alpha value is -1.93. The Morgan fingerprint density at radius 1 is 0.966 bits per heavy atom. The number of rotatable bonds is 4. The smallest absolute Gasteiger partial charge is 0.200 e. The Kier molecular flexibility index (Phi) is 5.66. The van der Waals surface area contributed by atoms with Crippen molar-refractivity contribution in [2.24, 2.45) is 7.05 Å². The number of pyridine rings is 1. The Morgan fingerprint density at radius 2 is 1.72 bits per heavy atom. The predicted octanol–water partition coefficient (Wildman–Crippen LogP) is 6.45. The molecule has 0 N–H and O–H groups in total. The van der Waals surface area contributed by atoms with Gasteiger partial charge >= 0.3 is 0 Å². The SMILES string of the molecule is CCc1ccc(C)c(-c2c3ccc([Si](C)(C)C4CCCCC4)cc3cc[n+]2C)c1. The largest absolute Gasteiger partial charge is 0.220 e. The summed E-state index contributed by atoms with van der Waals surface area (Å²) >= 11 is 0. The second kappa shape index (κ2) is 8.06. The van der Waals surface area contributed by atoms with Crippen molar-refractivity contribution in [1.29, 1.82) is 0 Å². The van der Waals surface area contributed by atoms with Crippen LogP contribution in [0.1, 0.15) is 50.2 Å². The van der Waals surface area contributed by atoms with Gasteiger partial charge in [-0.1, -0.05) is 81.6 Å². The number of aromatic nitrogens is 1. The molecule has 2 aromatic carbocycles. The molecule has 3 aromatic rings. The van der Waals surface area contributed by atoms with E-state index in [0.717, 1.165) is 12.0 Å². The third kappa shape index (κ3) is 3.80. The summed E-state index contributed by atoms with van der Waals surface area (Å²) in [5.74, 6) is 0. The Balaban J connectivity index is 1.83. The second-order valence-electron chi connectivity index (χ2n) is 9.64. The first-order valence-corrected chi connectivity index (χ1v) is 14.5. The van der Waals surface area contributed by atoms with E-state index >= 15 is 0 Å². The first kappa shape index (κ1) is 20.3. The summed E-state index contributed by atoms with van der Waals surface area (Å²) in [5, 5.41) is 4.41. The Labute approximate surface area is 177 Å². The highest BCUT2D eigenvalue weighted by molar-refractivity contribution is 6.91. The van der Waals surface area contributed by atoms with Gasteiger partial charge in [0.2, 0.25) is 5.69 Å². The summed E-state index contributed by atoms with van der Waals surface area (Å²) in [6.07, 6.45) is 10.5. The zero-order valence-electron chi connectivity index (χ0n) is 18.9. The second-order valence-corrected chi connectivity index (χ2v) is 14.5. The van der Waals surface area contributed by atoms with Crippen LogP contribution in [0.15, 0.2) is 48.7 Å². The first-order valence-electron chi connectivity index (χ1n) is 11.4. The van der Waals surface area contributed by atoms with Gasteiger partial charge in [0.1, 0.15) is 7.05 Å². The van der Waals surface area contributed by atoms with Crippen LogP contribution in [0.2, 0.25) is 18.6 Å². The van der Waals surface area contributed by atoms with E-state index in [-0.39, 0.29) is 0 Å². The third-order valence-electron chi connectivity index (χ3n) is 7.47. The molecule has 0 bridgehead atoms. The Morgan fingerprint density at radius 3 is 2.45 bits per heavy atom. The number of benzene rings is 2. The van der Waals surface area contributed by atoms with Crippen LogP contribution in [-0.4, -0.2) is 8.07 Å². The fraction of sp³-hybridized carbons (Fsp3) is 0.444. The molecule has 1 aliphatic rings. The van der Waals surface area contributed by atoms with Crippen LogP contribution in [-0.2, 0) is 13.5 Å². The van der Waals surface area contributed by atoms with E-state index in [0.29, 0.717) is 0 Å². The number of nitrogens with zero attached hydrogens (tertiary/aromatic N) is 1. The summed E-state index contributed by atoms with van der Waals surface area (Å²) in [5.41, 5.74) is 6.42. The van der Waals surface area contributed by atoms with E-state index in [1.165, 1.54) is 65.3 Å². The quantitative estimate of drug-likeness (QED) is 0.349. The van der Waals surface area contributed by atoms with Crippen molar-refractivity contribution in [3.63, 3.8) is 0 Å². The van der Waals surface area contributed by atoms with Crippen LogP contribution in [0.4, 0.5) is 0 Å². The van der Waals surface area contributed by atoms with E-state index in [9.17, 15) is 0 Å². The average Bonchev–Trinajstić information content (AvgIpc) is 2.74. The lowest BCUT2D eigenvalue weighted by atomic mass is 9.97. The van der Waals surface area contributed by atoms with E-state index in [1.807, 2.05) is 0 Å². The summed E-state index contributed by atoms with van der Waals surface area (Å²) in [7, 11) is 0.743. The van der Waals surface area contributed by atoms with E-state index in [1.54, 1.807) is 5.19 Å². The van der Waals surface area contributed by atoms with Gasteiger partial charge in [-0.15, -0.1) is 0 Å². The maximum Gasteiger partial charge on any atom is 0.220 e.